The molecule has 2 atom stereocenters. The fourth-order valence-corrected chi connectivity index (χ4v) is 2.43. The Morgan fingerprint density at radius 2 is 2.25 bits per heavy atom. The number of rotatable bonds is 5. The largest absolute Gasteiger partial charge is 0.453 e. The molecular formula is C14H18F3N5O2. The van der Waals surface area contributed by atoms with Crippen LogP contribution in [0.15, 0.2) is 6.07 Å². The Balaban J connectivity index is 1.76. The molecule has 1 aliphatic heterocycles. The molecule has 10 heteroatoms. The first-order valence-corrected chi connectivity index (χ1v) is 7.60. The Morgan fingerprint density at radius 1 is 1.46 bits per heavy atom. The summed E-state index contributed by atoms with van der Waals surface area (Å²) >= 11 is 0. The highest BCUT2D eigenvalue weighted by molar-refractivity contribution is 5.46. The number of aryl methyl sites for hydroxylation is 1. The Bertz CT molecular complexity index is 712. The molecule has 24 heavy (non-hydrogen) atoms. The van der Waals surface area contributed by atoms with Gasteiger partial charge in [0.15, 0.2) is 0 Å². The molecule has 3 rings (SSSR count). The van der Waals surface area contributed by atoms with Gasteiger partial charge in [0.25, 0.3) is 11.6 Å². The monoisotopic (exact) mass is 345 g/mol. The van der Waals surface area contributed by atoms with Crippen molar-refractivity contribution in [3.63, 3.8) is 0 Å². The second-order valence-corrected chi connectivity index (χ2v) is 5.79. The fraction of sp³-hybridized carbons (Fsp3) is 0.643. The molecule has 0 aliphatic carbocycles. The minimum atomic E-state index is -4.62. The van der Waals surface area contributed by atoms with Crippen LogP contribution in [0.25, 0.3) is 5.78 Å². The lowest BCUT2D eigenvalue weighted by Gasteiger charge is -2.18. The third-order valence-electron chi connectivity index (χ3n) is 3.56. The van der Waals surface area contributed by atoms with E-state index in [1.807, 2.05) is 6.92 Å². The van der Waals surface area contributed by atoms with Crippen LogP contribution in [0.4, 0.5) is 19.0 Å². The molecule has 0 bridgehead atoms. The zero-order chi connectivity index (χ0) is 17.3. The number of hydrogen-bond acceptors (Lipinski definition) is 6. The number of nitrogens with zero attached hydrogens (tertiary/aromatic N) is 4. The van der Waals surface area contributed by atoms with E-state index in [9.17, 15) is 13.2 Å². The number of nitrogens with one attached hydrogen (secondary N) is 1. The van der Waals surface area contributed by atoms with Gasteiger partial charge in [-0.15, -0.1) is 5.10 Å². The van der Waals surface area contributed by atoms with Crippen LogP contribution in [-0.4, -0.2) is 51.5 Å². The minimum Gasteiger partial charge on any atom is -0.379 e. The second-order valence-electron chi connectivity index (χ2n) is 5.79. The number of halogens is 3. The van der Waals surface area contributed by atoms with Gasteiger partial charge in [0, 0.05) is 24.4 Å². The van der Waals surface area contributed by atoms with Crippen molar-refractivity contribution in [2.75, 3.05) is 25.1 Å². The van der Waals surface area contributed by atoms with Crippen molar-refractivity contribution in [2.45, 2.75) is 38.6 Å². The summed E-state index contributed by atoms with van der Waals surface area (Å²) in [6, 6.07) is 1.49. The second kappa shape index (κ2) is 6.52. The predicted octanol–water partition coefficient (Wildman–Crippen LogP) is 2.06. The van der Waals surface area contributed by atoms with Crippen molar-refractivity contribution in [1.29, 1.82) is 0 Å². The number of ether oxygens (including phenoxy) is 2. The van der Waals surface area contributed by atoms with Crippen molar-refractivity contribution >= 4 is 11.6 Å². The molecule has 1 saturated heterocycles. The summed E-state index contributed by atoms with van der Waals surface area (Å²) in [6.45, 7) is 5.22. The average molecular weight is 345 g/mol. The number of aromatic nitrogens is 4. The maximum absolute atomic E-state index is 12.8. The first-order valence-electron chi connectivity index (χ1n) is 7.60. The van der Waals surface area contributed by atoms with Crippen molar-refractivity contribution in [3.8, 4) is 0 Å². The summed E-state index contributed by atoms with van der Waals surface area (Å²) in [5.74, 6) is -0.919. The topological polar surface area (TPSA) is 73.6 Å². The van der Waals surface area contributed by atoms with Gasteiger partial charge in [-0.1, -0.05) is 0 Å². The third-order valence-corrected chi connectivity index (χ3v) is 3.56. The molecule has 0 amide bonds. The molecule has 2 aromatic heterocycles. The van der Waals surface area contributed by atoms with Gasteiger partial charge in [0.1, 0.15) is 5.82 Å². The Morgan fingerprint density at radius 3 is 2.92 bits per heavy atom. The van der Waals surface area contributed by atoms with Crippen LogP contribution in [0.3, 0.4) is 0 Å². The zero-order valence-corrected chi connectivity index (χ0v) is 13.3. The van der Waals surface area contributed by atoms with Gasteiger partial charge in [-0.25, -0.2) is 4.98 Å². The van der Waals surface area contributed by atoms with Crippen molar-refractivity contribution in [3.05, 3.63) is 17.6 Å². The summed E-state index contributed by atoms with van der Waals surface area (Å²) < 4.78 is 50.4. The van der Waals surface area contributed by atoms with Crippen LogP contribution in [0, 0.1) is 6.92 Å². The molecule has 1 fully saturated rings. The van der Waals surface area contributed by atoms with E-state index in [-0.39, 0.29) is 17.9 Å². The van der Waals surface area contributed by atoms with Gasteiger partial charge in [-0.2, -0.15) is 22.7 Å². The smallest absolute Gasteiger partial charge is 0.379 e. The number of anilines is 1. The average Bonchev–Trinajstić information content (AvgIpc) is 3.13. The Kier molecular flexibility index (Phi) is 4.59. The van der Waals surface area contributed by atoms with E-state index in [2.05, 4.69) is 20.4 Å². The van der Waals surface area contributed by atoms with Crippen LogP contribution < -0.4 is 5.32 Å². The van der Waals surface area contributed by atoms with Gasteiger partial charge in [0.05, 0.1) is 19.3 Å². The molecule has 1 aliphatic rings. The third kappa shape index (κ3) is 3.75. The standard InChI is InChI=1S/C14H18F3N5O2/c1-8-5-11(18-9(2)6-24-10-3-4-23-7-10)22-13(19-8)20-12(21-22)14(15,16)17/h5,9-10,18H,3-4,6-7H2,1-2H3. The molecule has 0 radical (unpaired) electrons. The first kappa shape index (κ1) is 16.9. The summed E-state index contributed by atoms with van der Waals surface area (Å²) in [6.07, 6.45) is -3.70. The van der Waals surface area contributed by atoms with E-state index in [0.717, 1.165) is 10.9 Å². The van der Waals surface area contributed by atoms with E-state index in [1.54, 1.807) is 13.0 Å². The van der Waals surface area contributed by atoms with E-state index >= 15 is 0 Å². The maximum atomic E-state index is 12.8. The molecule has 0 spiro atoms. The van der Waals surface area contributed by atoms with Gasteiger partial charge in [-0.3, -0.25) is 0 Å². The van der Waals surface area contributed by atoms with E-state index in [1.165, 1.54) is 0 Å². The summed E-state index contributed by atoms with van der Waals surface area (Å²) in [5.41, 5.74) is 0.545. The number of fused-ring (bicyclic) bond motifs is 1. The summed E-state index contributed by atoms with van der Waals surface area (Å²) in [7, 11) is 0. The molecule has 0 saturated carbocycles. The molecule has 3 heterocycles. The fourth-order valence-electron chi connectivity index (χ4n) is 2.43. The highest BCUT2D eigenvalue weighted by Gasteiger charge is 2.36. The van der Waals surface area contributed by atoms with Gasteiger partial charge in [-0.05, 0) is 20.3 Å². The van der Waals surface area contributed by atoms with E-state index in [0.29, 0.717) is 31.3 Å². The highest BCUT2D eigenvalue weighted by Crippen LogP contribution is 2.27. The van der Waals surface area contributed by atoms with Crippen LogP contribution in [0.2, 0.25) is 0 Å². The zero-order valence-electron chi connectivity index (χ0n) is 13.3. The quantitative estimate of drug-likeness (QED) is 0.894. The first-order chi connectivity index (χ1) is 11.3. The lowest BCUT2D eigenvalue weighted by Crippen LogP contribution is -2.27. The minimum absolute atomic E-state index is 0.0663. The van der Waals surface area contributed by atoms with Gasteiger partial charge in [0.2, 0.25) is 0 Å². The normalized spacial score (nSPS) is 19.8. The number of hydrogen-bond donors (Lipinski definition) is 1. The molecule has 2 aromatic rings. The lowest BCUT2D eigenvalue weighted by atomic mass is 10.3. The molecule has 0 aromatic carbocycles. The van der Waals surface area contributed by atoms with E-state index < -0.39 is 12.0 Å². The van der Waals surface area contributed by atoms with Crippen molar-refractivity contribution in [1.82, 2.24) is 19.6 Å². The highest BCUT2D eigenvalue weighted by atomic mass is 19.4. The lowest BCUT2D eigenvalue weighted by molar-refractivity contribution is -0.144. The molecule has 7 nitrogen and oxygen atoms in total. The van der Waals surface area contributed by atoms with Crippen LogP contribution in [0.5, 0.6) is 0 Å². The maximum Gasteiger partial charge on any atom is 0.453 e. The Hall–Kier alpha value is -1.94. The van der Waals surface area contributed by atoms with E-state index in [4.69, 9.17) is 9.47 Å². The van der Waals surface area contributed by atoms with Crippen LogP contribution in [-0.2, 0) is 15.7 Å². The van der Waals surface area contributed by atoms with Gasteiger partial charge >= 0.3 is 6.18 Å². The van der Waals surface area contributed by atoms with Crippen molar-refractivity contribution in [2.24, 2.45) is 0 Å². The summed E-state index contributed by atoms with van der Waals surface area (Å²) in [4.78, 5) is 7.44. The summed E-state index contributed by atoms with van der Waals surface area (Å²) in [5, 5.41) is 6.61. The van der Waals surface area contributed by atoms with Crippen molar-refractivity contribution < 1.29 is 22.6 Å². The SMILES string of the molecule is Cc1cc(NC(C)COC2CCOC2)n2nc(C(F)(F)F)nc2n1. The molecule has 132 valence electrons. The molecular weight excluding hydrogens is 327 g/mol. The molecule has 1 N–H and O–H groups in total. The van der Waals surface area contributed by atoms with Crippen LogP contribution >= 0.6 is 0 Å². The predicted molar refractivity (Wildman–Crippen MR) is 78.8 cm³/mol. The van der Waals surface area contributed by atoms with Crippen LogP contribution in [0.1, 0.15) is 24.9 Å². The number of alkyl halides is 3. The van der Waals surface area contributed by atoms with Gasteiger partial charge < -0.3 is 14.8 Å². The molecule has 2 unspecified atom stereocenters. The Labute approximate surface area is 136 Å².